The van der Waals surface area contributed by atoms with Crippen LogP contribution in [0.3, 0.4) is 0 Å². The molecule has 0 heterocycles. The summed E-state index contributed by atoms with van der Waals surface area (Å²) in [4.78, 5) is 38.9. The van der Waals surface area contributed by atoms with E-state index in [1.54, 1.807) is 12.1 Å². The van der Waals surface area contributed by atoms with E-state index in [0.29, 0.717) is 7.14 Å². The Bertz CT molecular complexity index is 1410. The lowest BCUT2D eigenvalue weighted by Gasteiger charge is -2.33. The van der Waals surface area contributed by atoms with E-state index in [4.69, 9.17) is 9.47 Å². The van der Waals surface area contributed by atoms with Crippen molar-refractivity contribution in [2.75, 3.05) is 6.61 Å². The van der Waals surface area contributed by atoms with Crippen LogP contribution in [-0.2, 0) is 29.1 Å². The zero-order valence-electron chi connectivity index (χ0n) is 20.0. The van der Waals surface area contributed by atoms with E-state index in [0.717, 1.165) is 14.3 Å². The fraction of sp³-hybridized carbons (Fsp3) is 0.348. The van der Waals surface area contributed by atoms with Crippen LogP contribution in [0.4, 0.5) is 8.78 Å². The lowest BCUT2D eigenvalue weighted by atomic mass is 9.85. The highest BCUT2D eigenvalue weighted by atomic mass is 127. The number of rotatable bonds is 8. The zero-order chi connectivity index (χ0) is 30.9. The Kier molecular flexibility index (Phi) is 13.4. The van der Waals surface area contributed by atoms with Crippen molar-refractivity contribution in [2.24, 2.45) is 5.92 Å². The molecule has 1 fully saturated rings. The molecule has 9 nitrogen and oxygen atoms in total. The first-order chi connectivity index (χ1) is 18.9. The van der Waals surface area contributed by atoms with Crippen molar-refractivity contribution in [3.8, 4) is 0 Å². The van der Waals surface area contributed by atoms with Crippen LogP contribution in [0, 0.1) is 27.3 Å². The second-order valence-corrected chi connectivity index (χ2v) is 17.1. The SMILES string of the molecule is O=C(OC1CC(OC(=O)c2cc(I)cc(I)c2I)CC(C(=O)OCC(F)(F)S(=O)(=O)[O-])C1)c1cc(I)cc(I)c1I. The maximum absolute atomic E-state index is 13.6. The largest absolute Gasteiger partial charge is 0.743 e. The summed E-state index contributed by atoms with van der Waals surface area (Å²) in [5.74, 6) is -3.83. The highest BCUT2D eigenvalue weighted by Gasteiger charge is 2.42. The highest BCUT2D eigenvalue weighted by molar-refractivity contribution is 14.1. The van der Waals surface area contributed by atoms with E-state index < -0.39 is 58.0 Å². The van der Waals surface area contributed by atoms with Gasteiger partial charge in [0.05, 0.1) is 17.0 Å². The molecule has 0 amide bonds. The molecule has 224 valence electrons. The van der Waals surface area contributed by atoms with Crippen molar-refractivity contribution in [3.05, 3.63) is 56.8 Å². The molecule has 2 aromatic rings. The minimum atomic E-state index is -6.07. The average Bonchev–Trinajstić information content (AvgIpc) is 2.85. The van der Waals surface area contributed by atoms with Gasteiger partial charge in [0.25, 0.3) is 0 Å². The molecule has 1 saturated carbocycles. The number of hydrogen-bond acceptors (Lipinski definition) is 9. The molecule has 3 rings (SSSR count). The first-order valence-corrected chi connectivity index (χ1v) is 19.0. The molecular formula is C23H15F2I6O9S-. The molecule has 1 aliphatic carbocycles. The van der Waals surface area contributed by atoms with Gasteiger partial charge in [-0.3, -0.25) is 4.79 Å². The zero-order valence-corrected chi connectivity index (χ0v) is 33.7. The van der Waals surface area contributed by atoms with Crippen LogP contribution in [0.2, 0.25) is 0 Å². The van der Waals surface area contributed by atoms with Crippen LogP contribution in [0.15, 0.2) is 24.3 Å². The quantitative estimate of drug-likeness (QED) is 0.0949. The predicted octanol–water partition coefficient (Wildman–Crippen LogP) is 6.55. The second-order valence-electron chi connectivity index (χ2n) is 8.66. The van der Waals surface area contributed by atoms with Crippen LogP contribution in [0.1, 0.15) is 40.0 Å². The number of carbonyl (C=O) groups excluding carboxylic acids is 3. The minimum absolute atomic E-state index is 0.0154. The summed E-state index contributed by atoms with van der Waals surface area (Å²) in [5.41, 5.74) is 0.562. The van der Waals surface area contributed by atoms with Crippen LogP contribution < -0.4 is 0 Å². The molecule has 1 aliphatic rings. The molecular weight excluding hydrogens is 1250 g/mol. The van der Waals surface area contributed by atoms with Gasteiger partial charge in [-0.05, 0) is 173 Å². The Balaban J connectivity index is 1.84. The number of esters is 3. The standard InChI is InChI=1S/C23H16F2I6O9S/c24-23(25,41(35,36)37)8-38-20(32)9-1-12(39-21(33)14-3-10(26)5-16(28)18(14)30)7-13(2-9)40-22(34)15-4-11(27)6-17(29)19(15)31/h3-6,9,12-13H,1-2,7-8H2,(H,35,36,37)/p-1. The van der Waals surface area contributed by atoms with Gasteiger partial charge in [-0.15, -0.1) is 0 Å². The van der Waals surface area contributed by atoms with Gasteiger partial charge in [-0.25, -0.2) is 18.0 Å². The highest BCUT2D eigenvalue weighted by Crippen LogP contribution is 2.33. The summed E-state index contributed by atoms with van der Waals surface area (Å²) in [5, 5.41) is -4.83. The lowest BCUT2D eigenvalue weighted by molar-refractivity contribution is -0.159. The fourth-order valence-electron chi connectivity index (χ4n) is 3.79. The molecule has 0 spiro atoms. The number of hydrogen-bond donors (Lipinski definition) is 0. The first kappa shape index (κ1) is 36.5. The maximum Gasteiger partial charge on any atom is 0.367 e. The van der Waals surface area contributed by atoms with E-state index in [1.807, 2.05) is 57.3 Å². The molecule has 0 radical (unpaired) electrons. The van der Waals surface area contributed by atoms with Crippen LogP contribution in [0.5, 0.6) is 0 Å². The van der Waals surface area contributed by atoms with Gasteiger partial charge in [0.15, 0.2) is 16.7 Å². The molecule has 0 bridgehead atoms. The van der Waals surface area contributed by atoms with Crippen molar-refractivity contribution in [2.45, 2.75) is 36.7 Å². The molecule has 0 N–H and O–H groups in total. The molecule has 2 unspecified atom stereocenters. The normalized spacial score (nSPS) is 19.4. The van der Waals surface area contributed by atoms with Crippen molar-refractivity contribution in [1.82, 2.24) is 0 Å². The van der Waals surface area contributed by atoms with Crippen molar-refractivity contribution < 1.29 is 50.3 Å². The molecule has 18 heteroatoms. The molecule has 2 aromatic carbocycles. The van der Waals surface area contributed by atoms with Crippen molar-refractivity contribution in [1.29, 1.82) is 0 Å². The maximum atomic E-state index is 13.6. The summed E-state index contributed by atoms with van der Waals surface area (Å²) in [6, 6.07) is 7.00. The van der Waals surface area contributed by atoms with E-state index in [-0.39, 0.29) is 30.4 Å². The number of alkyl halides is 2. The molecule has 0 saturated heterocycles. The Morgan fingerprint density at radius 2 is 1.22 bits per heavy atom. The van der Waals surface area contributed by atoms with Gasteiger partial charge in [-0.2, -0.15) is 8.78 Å². The third kappa shape index (κ3) is 9.74. The predicted molar refractivity (Wildman–Crippen MR) is 191 cm³/mol. The second kappa shape index (κ2) is 15.1. The third-order valence-corrected chi connectivity index (χ3v) is 13.9. The van der Waals surface area contributed by atoms with Gasteiger partial charge >= 0.3 is 23.2 Å². The van der Waals surface area contributed by atoms with Crippen LogP contribution >= 0.6 is 136 Å². The van der Waals surface area contributed by atoms with E-state index in [1.165, 1.54) is 0 Å². The Morgan fingerprint density at radius 1 is 0.805 bits per heavy atom. The van der Waals surface area contributed by atoms with E-state index >= 15 is 0 Å². The van der Waals surface area contributed by atoms with Gasteiger partial charge in [0, 0.05) is 27.8 Å². The average molecular weight is 1270 g/mol. The molecule has 0 aromatic heterocycles. The molecule has 41 heavy (non-hydrogen) atoms. The molecule has 0 aliphatic heterocycles. The Hall–Kier alpha value is 1.00. The van der Waals surface area contributed by atoms with E-state index in [9.17, 15) is 36.1 Å². The summed E-state index contributed by atoms with van der Waals surface area (Å²) in [6.07, 6.45) is -2.26. The number of halogens is 8. The summed E-state index contributed by atoms with van der Waals surface area (Å²) >= 11 is 12.3. The van der Waals surface area contributed by atoms with Crippen molar-refractivity contribution in [3.63, 3.8) is 0 Å². The first-order valence-electron chi connectivity index (χ1n) is 11.1. The lowest BCUT2D eigenvalue weighted by Crippen LogP contribution is -2.41. The van der Waals surface area contributed by atoms with E-state index in [2.05, 4.69) is 95.1 Å². The van der Waals surface area contributed by atoms with Gasteiger partial charge < -0.3 is 18.8 Å². The van der Waals surface area contributed by atoms with Gasteiger partial charge in [0.2, 0.25) is 0 Å². The number of carbonyl (C=O) groups is 3. The summed E-state index contributed by atoms with van der Waals surface area (Å²) in [6.45, 7) is -1.97. The van der Waals surface area contributed by atoms with Crippen LogP contribution in [-0.4, -0.2) is 54.9 Å². The minimum Gasteiger partial charge on any atom is -0.743 e. The van der Waals surface area contributed by atoms with Gasteiger partial charge in [-0.1, -0.05) is 0 Å². The Morgan fingerprint density at radius 3 is 1.61 bits per heavy atom. The van der Waals surface area contributed by atoms with Crippen LogP contribution in [0.25, 0.3) is 0 Å². The monoisotopic (exact) mass is 1270 g/mol. The summed E-state index contributed by atoms with van der Waals surface area (Å²) in [7, 11) is -6.07. The fourth-order valence-corrected chi connectivity index (χ4v) is 8.74. The summed E-state index contributed by atoms with van der Waals surface area (Å²) < 4.78 is 80.0. The van der Waals surface area contributed by atoms with Crippen molar-refractivity contribution >= 4 is 164 Å². The van der Waals surface area contributed by atoms with Gasteiger partial charge in [0.1, 0.15) is 12.2 Å². The number of ether oxygens (including phenoxy) is 3. The topological polar surface area (TPSA) is 136 Å². The smallest absolute Gasteiger partial charge is 0.367 e. The third-order valence-electron chi connectivity index (χ3n) is 5.68. The molecule has 2 atom stereocenters. The number of benzene rings is 2. The Labute approximate surface area is 315 Å².